The fourth-order valence-corrected chi connectivity index (χ4v) is 5.87. The minimum Gasteiger partial charge on any atom is -0.495 e. The maximum Gasteiger partial charge on any atom is 0.193 e. The number of hydrogen-bond acceptors (Lipinski definition) is 4. The lowest BCUT2D eigenvalue weighted by Gasteiger charge is -2.24. The summed E-state index contributed by atoms with van der Waals surface area (Å²) in [7, 11) is 1.75. The van der Waals surface area contributed by atoms with Crippen molar-refractivity contribution in [1.82, 2.24) is 10.2 Å². The van der Waals surface area contributed by atoms with Crippen molar-refractivity contribution in [2.24, 2.45) is 22.7 Å². The summed E-state index contributed by atoms with van der Waals surface area (Å²) in [6.07, 6.45) is 4.70. The molecule has 158 valence electrons. The van der Waals surface area contributed by atoms with Crippen LogP contribution in [-0.2, 0) is 4.74 Å². The molecule has 1 aromatic carbocycles. The molecule has 4 aliphatic heterocycles. The molecule has 6 nitrogen and oxygen atoms in total. The molecule has 0 aromatic heterocycles. The smallest absolute Gasteiger partial charge is 0.193 e. The van der Waals surface area contributed by atoms with Gasteiger partial charge in [-0.2, -0.15) is 0 Å². The predicted octanol–water partition coefficient (Wildman–Crippen LogP) is 2.60. The number of ether oxygens (including phenoxy) is 2. The van der Waals surface area contributed by atoms with Crippen LogP contribution in [0.4, 0.5) is 5.69 Å². The highest BCUT2D eigenvalue weighted by Gasteiger charge is 2.53. The highest BCUT2D eigenvalue weighted by Crippen LogP contribution is 2.47. The Balaban J connectivity index is 1.21. The normalized spacial score (nSPS) is 33.4. The number of nitrogens with one attached hydrogen (secondary N) is 1. The van der Waals surface area contributed by atoms with Crippen LogP contribution in [0, 0.1) is 17.8 Å². The van der Waals surface area contributed by atoms with Crippen molar-refractivity contribution in [2.75, 3.05) is 51.3 Å². The Hall–Kier alpha value is -1.95. The predicted molar refractivity (Wildman–Crippen MR) is 116 cm³/mol. The number of likely N-dealkylation sites (tertiary alicyclic amines) is 1. The number of benzene rings is 1. The molecule has 4 heterocycles. The van der Waals surface area contributed by atoms with E-state index in [2.05, 4.69) is 34.2 Å². The average molecular weight is 399 g/mol. The van der Waals surface area contributed by atoms with Crippen LogP contribution < -0.4 is 15.0 Å². The van der Waals surface area contributed by atoms with Gasteiger partial charge in [0, 0.05) is 51.1 Å². The standard InChI is InChI=1S/C23H34N4O2/c1-3-24-23(27-14-17-18(15-27)21-9-8-20(17)29-21)25-12-16-10-11-26(13-16)19-6-4-5-7-22(19)28-2/h4-7,16-18,20-21H,3,8-15H2,1-2H3,(H,24,25). The third-order valence-corrected chi connectivity index (χ3v) is 7.30. The quantitative estimate of drug-likeness (QED) is 0.610. The van der Waals surface area contributed by atoms with Gasteiger partial charge >= 0.3 is 0 Å². The van der Waals surface area contributed by atoms with Gasteiger partial charge in [-0.05, 0) is 44.2 Å². The second kappa shape index (κ2) is 8.05. The van der Waals surface area contributed by atoms with Crippen LogP contribution in [0.5, 0.6) is 5.75 Å². The first-order valence-electron chi connectivity index (χ1n) is 11.3. The van der Waals surface area contributed by atoms with Crippen LogP contribution >= 0.6 is 0 Å². The van der Waals surface area contributed by atoms with Crippen LogP contribution in [0.25, 0.3) is 0 Å². The molecule has 0 amide bonds. The molecule has 6 heteroatoms. The fourth-order valence-electron chi connectivity index (χ4n) is 5.87. The van der Waals surface area contributed by atoms with Gasteiger partial charge in [0.05, 0.1) is 25.0 Å². The van der Waals surface area contributed by atoms with E-state index >= 15 is 0 Å². The molecule has 4 fully saturated rings. The van der Waals surface area contributed by atoms with E-state index in [9.17, 15) is 0 Å². The maximum absolute atomic E-state index is 6.14. The Morgan fingerprint density at radius 3 is 2.62 bits per heavy atom. The van der Waals surface area contributed by atoms with Crippen LogP contribution in [0.3, 0.4) is 0 Å². The first kappa shape index (κ1) is 19.0. The monoisotopic (exact) mass is 398 g/mol. The molecule has 5 atom stereocenters. The van der Waals surface area contributed by atoms with E-state index in [0.717, 1.165) is 51.0 Å². The van der Waals surface area contributed by atoms with Crippen molar-refractivity contribution < 1.29 is 9.47 Å². The molecule has 1 N–H and O–H groups in total. The minimum atomic E-state index is 0.502. The van der Waals surface area contributed by atoms with E-state index in [4.69, 9.17) is 14.5 Å². The molecule has 0 spiro atoms. The van der Waals surface area contributed by atoms with E-state index < -0.39 is 0 Å². The molecule has 4 saturated heterocycles. The summed E-state index contributed by atoms with van der Waals surface area (Å²) in [5.41, 5.74) is 1.20. The van der Waals surface area contributed by atoms with Crippen LogP contribution in [0.1, 0.15) is 26.2 Å². The van der Waals surface area contributed by atoms with E-state index in [1.165, 1.54) is 24.9 Å². The number of para-hydroxylation sites is 2. The molecule has 0 radical (unpaired) electrons. The Morgan fingerprint density at radius 1 is 1.14 bits per heavy atom. The number of aliphatic imine (C=N–C) groups is 1. The van der Waals surface area contributed by atoms with Gasteiger partial charge in [0.1, 0.15) is 5.75 Å². The van der Waals surface area contributed by atoms with Gasteiger partial charge in [0.15, 0.2) is 5.96 Å². The Morgan fingerprint density at radius 2 is 1.90 bits per heavy atom. The highest BCUT2D eigenvalue weighted by molar-refractivity contribution is 5.80. The van der Waals surface area contributed by atoms with Crippen LogP contribution in [0.15, 0.2) is 29.3 Å². The summed E-state index contributed by atoms with van der Waals surface area (Å²) in [6.45, 7) is 8.32. The third-order valence-electron chi connectivity index (χ3n) is 7.30. The molecule has 4 aliphatic rings. The average Bonchev–Trinajstić information content (AvgIpc) is 3.53. The van der Waals surface area contributed by atoms with Gasteiger partial charge in [-0.1, -0.05) is 12.1 Å². The Bertz CT molecular complexity index is 736. The van der Waals surface area contributed by atoms with E-state index in [1.54, 1.807) is 7.11 Å². The van der Waals surface area contributed by atoms with Gasteiger partial charge in [0.2, 0.25) is 0 Å². The Labute approximate surface area is 174 Å². The van der Waals surface area contributed by atoms with Crippen molar-refractivity contribution in [3.8, 4) is 5.75 Å². The summed E-state index contributed by atoms with van der Waals surface area (Å²) in [5.74, 6) is 4.09. The zero-order chi connectivity index (χ0) is 19.8. The summed E-state index contributed by atoms with van der Waals surface area (Å²) in [6, 6.07) is 8.33. The lowest BCUT2D eigenvalue weighted by atomic mass is 9.82. The van der Waals surface area contributed by atoms with Crippen molar-refractivity contribution >= 4 is 11.6 Å². The molecule has 29 heavy (non-hydrogen) atoms. The number of rotatable bonds is 5. The molecule has 0 aliphatic carbocycles. The lowest BCUT2D eigenvalue weighted by molar-refractivity contribution is 0.0767. The molecule has 2 bridgehead atoms. The van der Waals surface area contributed by atoms with Crippen molar-refractivity contribution in [1.29, 1.82) is 0 Å². The molecular weight excluding hydrogens is 364 g/mol. The molecule has 0 saturated carbocycles. The van der Waals surface area contributed by atoms with Crippen molar-refractivity contribution in [3.05, 3.63) is 24.3 Å². The topological polar surface area (TPSA) is 49.3 Å². The SMILES string of the molecule is CCNC(=NCC1CCN(c2ccccc2OC)C1)N1CC2C3CCC(O3)C2C1. The summed E-state index contributed by atoms with van der Waals surface area (Å²) >= 11 is 0. The van der Waals surface area contributed by atoms with Gasteiger partial charge in [-0.3, -0.25) is 4.99 Å². The first-order chi connectivity index (χ1) is 14.3. The van der Waals surface area contributed by atoms with Gasteiger partial charge in [-0.25, -0.2) is 0 Å². The Kier molecular flexibility index (Phi) is 5.29. The second-order valence-corrected chi connectivity index (χ2v) is 8.99. The number of methoxy groups -OCH3 is 1. The van der Waals surface area contributed by atoms with E-state index in [-0.39, 0.29) is 0 Å². The third kappa shape index (κ3) is 3.56. The van der Waals surface area contributed by atoms with Crippen molar-refractivity contribution in [3.63, 3.8) is 0 Å². The summed E-state index contributed by atoms with van der Waals surface area (Å²) in [5, 5.41) is 3.55. The van der Waals surface area contributed by atoms with Crippen LogP contribution in [-0.4, -0.2) is 69.4 Å². The van der Waals surface area contributed by atoms with Gasteiger partial charge < -0.3 is 24.6 Å². The summed E-state index contributed by atoms with van der Waals surface area (Å²) < 4.78 is 11.7. The zero-order valence-electron chi connectivity index (χ0n) is 17.7. The maximum atomic E-state index is 6.14. The van der Waals surface area contributed by atoms with E-state index in [1.807, 2.05) is 12.1 Å². The highest BCUT2D eigenvalue weighted by atomic mass is 16.5. The number of hydrogen-bond donors (Lipinski definition) is 1. The second-order valence-electron chi connectivity index (χ2n) is 8.99. The molecular formula is C23H34N4O2. The molecule has 5 unspecified atom stereocenters. The number of guanidine groups is 1. The van der Waals surface area contributed by atoms with Gasteiger partial charge in [-0.15, -0.1) is 0 Å². The zero-order valence-corrected chi connectivity index (χ0v) is 17.7. The summed E-state index contributed by atoms with van der Waals surface area (Å²) in [4.78, 5) is 10.0. The minimum absolute atomic E-state index is 0.502. The van der Waals surface area contributed by atoms with Gasteiger partial charge in [0.25, 0.3) is 0 Å². The van der Waals surface area contributed by atoms with E-state index in [0.29, 0.717) is 30.0 Å². The lowest BCUT2D eigenvalue weighted by Crippen LogP contribution is -2.41. The number of nitrogens with zero attached hydrogens (tertiary/aromatic N) is 3. The molecule has 5 rings (SSSR count). The number of fused-ring (bicyclic) bond motifs is 5. The number of anilines is 1. The largest absolute Gasteiger partial charge is 0.495 e. The van der Waals surface area contributed by atoms with Crippen molar-refractivity contribution in [2.45, 2.75) is 38.4 Å². The fraction of sp³-hybridized carbons (Fsp3) is 0.696. The van der Waals surface area contributed by atoms with Crippen LogP contribution in [0.2, 0.25) is 0 Å². The molecule has 1 aromatic rings. The first-order valence-corrected chi connectivity index (χ1v) is 11.3.